The van der Waals surface area contributed by atoms with E-state index >= 15 is 0 Å². The maximum absolute atomic E-state index is 5.78. The third kappa shape index (κ3) is 3.35. The summed E-state index contributed by atoms with van der Waals surface area (Å²) in [4.78, 5) is 6.46. The molecule has 4 nitrogen and oxygen atoms in total. The van der Waals surface area contributed by atoms with E-state index in [1.54, 1.807) is 19.4 Å². The van der Waals surface area contributed by atoms with Crippen LogP contribution in [0.2, 0.25) is 0 Å². The molecule has 0 aliphatic heterocycles. The van der Waals surface area contributed by atoms with Gasteiger partial charge in [0.2, 0.25) is 0 Å². The highest BCUT2D eigenvalue weighted by Gasteiger charge is 2.10. The minimum absolute atomic E-state index is 0.663. The summed E-state index contributed by atoms with van der Waals surface area (Å²) in [5, 5.41) is 0.931. The molecule has 1 aromatic carbocycles. The number of rotatable bonds is 6. The van der Waals surface area contributed by atoms with Gasteiger partial charge in [-0.1, -0.05) is 0 Å². The summed E-state index contributed by atoms with van der Waals surface area (Å²) >= 11 is 0. The Labute approximate surface area is 114 Å². The van der Waals surface area contributed by atoms with E-state index in [2.05, 4.69) is 30.0 Å². The monoisotopic (exact) mass is 259 g/mol. The summed E-state index contributed by atoms with van der Waals surface area (Å²) in [6.07, 6.45) is 2.68. The molecule has 0 fully saturated rings. The predicted molar refractivity (Wildman–Crippen MR) is 75.8 cm³/mol. The summed E-state index contributed by atoms with van der Waals surface area (Å²) in [5.41, 5.74) is 0.787. The molecule has 0 bridgehead atoms. The smallest absolute Gasteiger partial charge is 0.187 e. The lowest BCUT2D eigenvalue weighted by Gasteiger charge is -2.13. The summed E-state index contributed by atoms with van der Waals surface area (Å²) in [7, 11) is 5.74. The first kappa shape index (κ1) is 13.6. The number of benzene rings is 1. The van der Waals surface area contributed by atoms with Crippen molar-refractivity contribution in [2.75, 3.05) is 34.4 Å². The van der Waals surface area contributed by atoms with Gasteiger partial charge in [0.25, 0.3) is 0 Å². The van der Waals surface area contributed by atoms with E-state index in [1.807, 2.05) is 12.1 Å². The Morgan fingerprint density at radius 1 is 1.32 bits per heavy atom. The van der Waals surface area contributed by atoms with Crippen LogP contribution in [0.1, 0.15) is 6.42 Å². The van der Waals surface area contributed by atoms with Gasteiger partial charge in [-0.2, -0.15) is 0 Å². The van der Waals surface area contributed by atoms with Crippen LogP contribution in [-0.2, 0) is 0 Å². The maximum Gasteiger partial charge on any atom is 0.187 e. The molecule has 0 spiro atoms. The van der Waals surface area contributed by atoms with Crippen LogP contribution >= 0.6 is 0 Å². The van der Waals surface area contributed by atoms with Crippen molar-refractivity contribution in [2.24, 2.45) is 0 Å². The van der Waals surface area contributed by atoms with Crippen LogP contribution in [0.3, 0.4) is 0 Å². The third-order valence-corrected chi connectivity index (χ3v) is 2.82. The summed E-state index contributed by atoms with van der Waals surface area (Å²) in [6, 6.07) is 8.78. The number of fused-ring (bicyclic) bond motifs is 1. The van der Waals surface area contributed by atoms with Crippen molar-refractivity contribution in [3.05, 3.63) is 30.5 Å². The average molecular weight is 259 g/mol. The molecule has 0 aliphatic carbocycles. The summed E-state index contributed by atoms with van der Waals surface area (Å²) in [6.45, 7) is 1.67. The van der Waals surface area contributed by atoms with Crippen molar-refractivity contribution in [3.63, 3.8) is 0 Å². The molecular formula is C15H19N2O2. The molecule has 2 aromatic rings. The number of ether oxygens (including phenoxy) is 2. The molecule has 0 saturated heterocycles. The minimum atomic E-state index is 0.663. The van der Waals surface area contributed by atoms with E-state index in [0.717, 1.165) is 29.6 Å². The van der Waals surface area contributed by atoms with Crippen LogP contribution in [0.5, 0.6) is 11.5 Å². The van der Waals surface area contributed by atoms with Crippen molar-refractivity contribution in [2.45, 2.75) is 6.42 Å². The number of nitrogens with zero attached hydrogens (tertiary/aromatic N) is 2. The SMILES string of the molecule is COc1c(OCCCN(C)C)ccc2[c]ccnc12. The molecule has 19 heavy (non-hydrogen) atoms. The van der Waals surface area contributed by atoms with Gasteiger partial charge in [-0.25, -0.2) is 0 Å². The fourth-order valence-corrected chi connectivity index (χ4v) is 1.91. The zero-order valence-electron chi connectivity index (χ0n) is 11.6. The first-order valence-corrected chi connectivity index (χ1v) is 6.33. The molecule has 0 N–H and O–H groups in total. The number of hydrogen-bond acceptors (Lipinski definition) is 4. The van der Waals surface area contributed by atoms with E-state index < -0.39 is 0 Å². The molecule has 0 atom stereocenters. The Balaban J connectivity index is 2.14. The number of hydrogen-bond donors (Lipinski definition) is 0. The number of aromatic nitrogens is 1. The fourth-order valence-electron chi connectivity index (χ4n) is 1.91. The lowest BCUT2D eigenvalue weighted by atomic mass is 10.2. The molecule has 1 aromatic heterocycles. The van der Waals surface area contributed by atoms with Crippen molar-refractivity contribution < 1.29 is 9.47 Å². The molecule has 1 radical (unpaired) electrons. The highest BCUT2D eigenvalue weighted by molar-refractivity contribution is 5.86. The van der Waals surface area contributed by atoms with E-state index in [4.69, 9.17) is 9.47 Å². The second-order valence-corrected chi connectivity index (χ2v) is 4.59. The lowest BCUT2D eigenvalue weighted by Crippen LogP contribution is -2.15. The zero-order chi connectivity index (χ0) is 13.7. The van der Waals surface area contributed by atoms with Crippen molar-refractivity contribution in [1.82, 2.24) is 9.88 Å². The minimum Gasteiger partial charge on any atom is -0.491 e. The van der Waals surface area contributed by atoms with Gasteiger partial charge in [-0.15, -0.1) is 0 Å². The summed E-state index contributed by atoms with van der Waals surface area (Å²) < 4.78 is 11.2. The van der Waals surface area contributed by atoms with Gasteiger partial charge in [-0.3, -0.25) is 4.98 Å². The van der Waals surface area contributed by atoms with Gasteiger partial charge in [0.15, 0.2) is 11.5 Å². The maximum atomic E-state index is 5.78. The topological polar surface area (TPSA) is 34.6 Å². The van der Waals surface area contributed by atoms with E-state index in [9.17, 15) is 0 Å². The van der Waals surface area contributed by atoms with Gasteiger partial charge in [0, 0.05) is 18.1 Å². The highest BCUT2D eigenvalue weighted by atomic mass is 16.5. The van der Waals surface area contributed by atoms with Gasteiger partial charge < -0.3 is 14.4 Å². The molecule has 0 amide bonds. The third-order valence-electron chi connectivity index (χ3n) is 2.82. The predicted octanol–water partition coefficient (Wildman–Crippen LogP) is 2.37. The van der Waals surface area contributed by atoms with Crippen molar-refractivity contribution in [3.8, 4) is 11.5 Å². The normalized spacial score (nSPS) is 10.9. The summed E-state index contributed by atoms with van der Waals surface area (Å²) in [5.74, 6) is 1.42. The lowest BCUT2D eigenvalue weighted by molar-refractivity contribution is 0.269. The van der Waals surface area contributed by atoms with Crippen LogP contribution in [0.4, 0.5) is 0 Å². The molecule has 4 heteroatoms. The van der Waals surface area contributed by atoms with E-state index in [1.165, 1.54) is 0 Å². The Morgan fingerprint density at radius 3 is 2.89 bits per heavy atom. The van der Waals surface area contributed by atoms with Crippen LogP contribution in [0.25, 0.3) is 10.9 Å². The van der Waals surface area contributed by atoms with Crippen molar-refractivity contribution in [1.29, 1.82) is 0 Å². The van der Waals surface area contributed by atoms with Gasteiger partial charge in [-0.05, 0) is 44.8 Å². The van der Waals surface area contributed by atoms with Crippen LogP contribution in [0, 0.1) is 6.07 Å². The molecule has 1 heterocycles. The zero-order valence-corrected chi connectivity index (χ0v) is 11.6. The fraction of sp³-hybridized carbons (Fsp3) is 0.400. The number of methoxy groups -OCH3 is 1. The van der Waals surface area contributed by atoms with Gasteiger partial charge >= 0.3 is 0 Å². The molecule has 0 aliphatic rings. The van der Waals surface area contributed by atoms with Crippen LogP contribution in [-0.4, -0.2) is 44.2 Å². The quantitative estimate of drug-likeness (QED) is 0.746. The molecule has 101 valence electrons. The molecular weight excluding hydrogens is 240 g/mol. The Hall–Kier alpha value is -1.81. The Morgan fingerprint density at radius 2 is 2.16 bits per heavy atom. The number of pyridine rings is 1. The molecule has 0 unspecified atom stereocenters. The second kappa shape index (κ2) is 6.38. The molecule has 0 saturated carbocycles. The van der Waals surface area contributed by atoms with Crippen LogP contribution < -0.4 is 9.47 Å². The standard InChI is InChI=1S/C15H19N2O2/c1-17(2)10-5-11-19-13-8-7-12-6-4-9-16-14(12)15(13)18-3/h4,7-9H,5,10-11H2,1-3H3. The van der Waals surface area contributed by atoms with E-state index in [0.29, 0.717) is 12.4 Å². The average Bonchev–Trinajstić information content (AvgIpc) is 2.42. The largest absolute Gasteiger partial charge is 0.491 e. The van der Waals surface area contributed by atoms with Crippen molar-refractivity contribution >= 4 is 10.9 Å². The van der Waals surface area contributed by atoms with Gasteiger partial charge in [0.05, 0.1) is 13.7 Å². The Kier molecular flexibility index (Phi) is 4.58. The van der Waals surface area contributed by atoms with E-state index in [-0.39, 0.29) is 0 Å². The Bertz CT molecular complexity index is 541. The second-order valence-electron chi connectivity index (χ2n) is 4.59. The van der Waals surface area contributed by atoms with Gasteiger partial charge in [0.1, 0.15) is 5.52 Å². The van der Waals surface area contributed by atoms with Crippen LogP contribution in [0.15, 0.2) is 24.4 Å². The first-order valence-electron chi connectivity index (χ1n) is 6.33. The molecule has 2 rings (SSSR count). The first-order chi connectivity index (χ1) is 9.22. The highest BCUT2D eigenvalue weighted by Crippen LogP contribution is 2.33.